The second kappa shape index (κ2) is 3.35. The molecule has 1 aliphatic carbocycles. The highest BCUT2D eigenvalue weighted by Gasteiger charge is 2.39. The summed E-state index contributed by atoms with van der Waals surface area (Å²) in [6.07, 6.45) is 2.66. The van der Waals surface area contributed by atoms with Crippen molar-refractivity contribution in [1.29, 1.82) is 0 Å². The predicted octanol–water partition coefficient (Wildman–Crippen LogP) is 1.45. The van der Waals surface area contributed by atoms with Gasteiger partial charge in [-0.15, -0.1) is 0 Å². The molecule has 2 N–H and O–H groups in total. The van der Waals surface area contributed by atoms with Crippen LogP contribution in [-0.4, -0.2) is 30.1 Å². The molecule has 0 amide bonds. The summed E-state index contributed by atoms with van der Waals surface area (Å²) in [5.41, 5.74) is 6.26. The lowest BCUT2D eigenvalue weighted by molar-refractivity contribution is 0.201. The zero-order valence-corrected chi connectivity index (χ0v) is 8.80. The van der Waals surface area contributed by atoms with Crippen molar-refractivity contribution in [1.82, 2.24) is 4.90 Å². The number of likely N-dealkylation sites (N-methyl/N-ethyl adjacent to an activating group) is 1. The topological polar surface area (TPSA) is 29.3 Å². The Bertz CT molecular complexity index is 148. The molecule has 2 heteroatoms. The van der Waals surface area contributed by atoms with Crippen molar-refractivity contribution in [2.45, 2.75) is 45.2 Å². The quantitative estimate of drug-likeness (QED) is 0.692. The molecule has 1 atom stereocenters. The van der Waals surface area contributed by atoms with Gasteiger partial charge in [0.2, 0.25) is 0 Å². The predicted molar refractivity (Wildman–Crippen MR) is 53.1 cm³/mol. The molecule has 0 spiro atoms. The fourth-order valence-corrected chi connectivity index (χ4v) is 1.59. The van der Waals surface area contributed by atoms with Crippen LogP contribution in [0.25, 0.3) is 0 Å². The molecule has 72 valence electrons. The van der Waals surface area contributed by atoms with Crippen molar-refractivity contribution in [3.05, 3.63) is 0 Å². The first-order chi connectivity index (χ1) is 5.43. The molecule has 1 rings (SSSR count). The van der Waals surface area contributed by atoms with Gasteiger partial charge in [-0.05, 0) is 46.6 Å². The van der Waals surface area contributed by atoms with E-state index in [0.29, 0.717) is 6.04 Å². The van der Waals surface area contributed by atoms with Crippen LogP contribution in [0.3, 0.4) is 0 Å². The summed E-state index contributed by atoms with van der Waals surface area (Å²) in [5.74, 6) is 0.777. The lowest BCUT2D eigenvalue weighted by Crippen LogP contribution is -2.50. The second-order valence-electron chi connectivity index (χ2n) is 4.79. The molecule has 1 aliphatic rings. The van der Waals surface area contributed by atoms with Gasteiger partial charge in [-0.2, -0.15) is 0 Å². The van der Waals surface area contributed by atoms with E-state index in [1.807, 2.05) is 0 Å². The van der Waals surface area contributed by atoms with Crippen molar-refractivity contribution in [2.24, 2.45) is 11.7 Å². The van der Waals surface area contributed by atoms with Gasteiger partial charge in [0.1, 0.15) is 0 Å². The maximum atomic E-state index is 6.22. The molecule has 12 heavy (non-hydrogen) atoms. The van der Waals surface area contributed by atoms with Crippen LogP contribution >= 0.6 is 0 Å². The average Bonchev–Trinajstić information content (AvgIpc) is 2.65. The summed E-state index contributed by atoms with van der Waals surface area (Å²) in [6.45, 7) is 7.63. The standard InChI is InChI=1S/C10H22N2/c1-8(2)12(4)7-10(3,11)9-5-6-9/h8-9H,5-7,11H2,1-4H3. The van der Waals surface area contributed by atoms with Gasteiger partial charge in [-0.25, -0.2) is 0 Å². The van der Waals surface area contributed by atoms with Gasteiger partial charge >= 0.3 is 0 Å². The highest BCUT2D eigenvalue weighted by Crippen LogP contribution is 2.38. The number of nitrogens with two attached hydrogens (primary N) is 1. The fraction of sp³-hybridized carbons (Fsp3) is 1.00. The molecule has 2 nitrogen and oxygen atoms in total. The Balaban J connectivity index is 2.37. The van der Waals surface area contributed by atoms with E-state index in [-0.39, 0.29) is 5.54 Å². The average molecular weight is 170 g/mol. The van der Waals surface area contributed by atoms with E-state index in [9.17, 15) is 0 Å². The Morgan fingerprint density at radius 1 is 1.50 bits per heavy atom. The van der Waals surface area contributed by atoms with E-state index >= 15 is 0 Å². The van der Waals surface area contributed by atoms with Crippen molar-refractivity contribution in [3.8, 4) is 0 Å². The van der Waals surface area contributed by atoms with Crippen LogP contribution in [0.1, 0.15) is 33.6 Å². The first-order valence-electron chi connectivity index (χ1n) is 4.92. The lowest BCUT2D eigenvalue weighted by Gasteiger charge is -2.32. The van der Waals surface area contributed by atoms with Crippen LogP contribution in [0.4, 0.5) is 0 Å². The summed E-state index contributed by atoms with van der Waals surface area (Å²) in [5, 5.41) is 0. The highest BCUT2D eigenvalue weighted by atomic mass is 15.1. The molecule has 0 aromatic heterocycles. The lowest BCUT2D eigenvalue weighted by atomic mass is 9.96. The molecular weight excluding hydrogens is 148 g/mol. The Morgan fingerprint density at radius 3 is 2.33 bits per heavy atom. The van der Waals surface area contributed by atoms with Crippen LogP contribution in [0.2, 0.25) is 0 Å². The van der Waals surface area contributed by atoms with Gasteiger partial charge in [-0.1, -0.05) is 0 Å². The van der Waals surface area contributed by atoms with Crippen molar-refractivity contribution < 1.29 is 0 Å². The van der Waals surface area contributed by atoms with E-state index in [4.69, 9.17) is 5.73 Å². The molecule has 1 fully saturated rings. The monoisotopic (exact) mass is 170 g/mol. The maximum absolute atomic E-state index is 6.22. The number of nitrogens with zero attached hydrogens (tertiary/aromatic N) is 1. The number of hydrogen-bond donors (Lipinski definition) is 1. The van der Waals surface area contributed by atoms with E-state index in [1.165, 1.54) is 12.8 Å². The third kappa shape index (κ3) is 2.46. The molecule has 1 saturated carbocycles. The largest absolute Gasteiger partial charge is 0.324 e. The van der Waals surface area contributed by atoms with Gasteiger partial charge in [0, 0.05) is 18.1 Å². The summed E-state index contributed by atoms with van der Waals surface area (Å²) < 4.78 is 0. The minimum Gasteiger partial charge on any atom is -0.324 e. The summed E-state index contributed by atoms with van der Waals surface area (Å²) in [6, 6.07) is 0.603. The Hall–Kier alpha value is -0.0800. The normalized spacial score (nSPS) is 23.2. The van der Waals surface area contributed by atoms with Gasteiger partial charge in [0.15, 0.2) is 0 Å². The molecule has 0 saturated heterocycles. The smallest absolute Gasteiger partial charge is 0.0283 e. The zero-order chi connectivity index (χ0) is 9.35. The summed E-state index contributed by atoms with van der Waals surface area (Å²) >= 11 is 0. The molecule has 1 unspecified atom stereocenters. The molecule has 0 aromatic carbocycles. The van der Waals surface area contributed by atoms with E-state index in [0.717, 1.165) is 12.5 Å². The van der Waals surface area contributed by atoms with Crippen molar-refractivity contribution in [3.63, 3.8) is 0 Å². The first kappa shape index (κ1) is 10.0. The van der Waals surface area contributed by atoms with Crippen LogP contribution in [0.5, 0.6) is 0 Å². The van der Waals surface area contributed by atoms with E-state index < -0.39 is 0 Å². The molecule has 0 heterocycles. The van der Waals surface area contributed by atoms with Crippen LogP contribution in [-0.2, 0) is 0 Å². The van der Waals surface area contributed by atoms with E-state index in [2.05, 4.69) is 32.7 Å². The SMILES string of the molecule is CC(C)N(C)CC(C)(N)C1CC1. The van der Waals surface area contributed by atoms with Crippen molar-refractivity contribution >= 4 is 0 Å². The first-order valence-corrected chi connectivity index (χ1v) is 4.92. The van der Waals surface area contributed by atoms with Crippen molar-refractivity contribution in [2.75, 3.05) is 13.6 Å². The van der Waals surface area contributed by atoms with Gasteiger partial charge < -0.3 is 10.6 Å². The van der Waals surface area contributed by atoms with E-state index in [1.54, 1.807) is 0 Å². The third-order valence-electron chi connectivity index (χ3n) is 2.98. The minimum atomic E-state index is 0.0407. The minimum absolute atomic E-state index is 0.0407. The maximum Gasteiger partial charge on any atom is 0.0283 e. The van der Waals surface area contributed by atoms with Crippen LogP contribution < -0.4 is 5.73 Å². The van der Waals surface area contributed by atoms with Crippen LogP contribution in [0.15, 0.2) is 0 Å². The highest BCUT2D eigenvalue weighted by molar-refractivity contribution is 4.97. The fourth-order valence-electron chi connectivity index (χ4n) is 1.59. The Labute approximate surface area is 76.1 Å². The summed E-state index contributed by atoms with van der Waals surface area (Å²) in [4.78, 5) is 2.33. The Morgan fingerprint density at radius 2 is 2.00 bits per heavy atom. The van der Waals surface area contributed by atoms with Gasteiger partial charge in [-0.3, -0.25) is 0 Å². The summed E-state index contributed by atoms with van der Waals surface area (Å²) in [7, 11) is 2.15. The van der Waals surface area contributed by atoms with Crippen LogP contribution in [0, 0.1) is 5.92 Å². The van der Waals surface area contributed by atoms with Gasteiger partial charge in [0.05, 0.1) is 0 Å². The Kier molecular flexibility index (Phi) is 2.79. The molecule has 0 aromatic rings. The molecule has 0 bridgehead atoms. The second-order valence-corrected chi connectivity index (χ2v) is 4.79. The number of hydrogen-bond acceptors (Lipinski definition) is 2. The zero-order valence-electron chi connectivity index (χ0n) is 8.80. The molecule has 0 radical (unpaired) electrons. The number of rotatable bonds is 4. The molecular formula is C10H22N2. The molecule has 0 aliphatic heterocycles. The van der Waals surface area contributed by atoms with Gasteiger partial charge in [0.25, 0.3) is 0 Å². The third-order valence-corrected chi connectivity index (χ3v) is 2.98.